The molecule has 0 aliphatic carbocycles. The van der Waals surface area contributed by atoms with E-state index in [0.29, 0.717) is 0 Å². The summed E-state index contributed by atoms with van der Waals surface area (Å²) in [6.07, 6.45) is 0.918. The maximum atomic E-state index is 3.12. The van der Waals surface area contributed by atoms with Gasteiger partial charge in [0, 0.05) is 12.0 Å². The van der Waals surface area contributed by atoms with Crippen LogP contribution >= 0.6 is 0 Å². The second-order valence-electron chi connectivity index (χ2n) is 4.48. The van der Waals surface area contributed by atoms with Gasteiger partial charge < -0.3 is 0 Å². The fourth-order valence-corrected chi connectivity index (χ4v) is 1.24. The predicted molar refractivity (Wildman–Crippen MR) is 62.3 cm³/mol. The summed E-state index contributed by atoms with van der Waals surface area (Å²) >= 11 is 0. The molecule has 0 amide bonds. The number of rotatable bonds is 0. The highest BCUT2D eigenvalue weighted by atomic mass is 14.2. The van der Waals surface area contributed by atoms with E-state index in [1.54, 1.807) is 0 Å². The van der Waals surface area contributed by atoms with Crippen molar-refractivity contribution in [3.8, 4) is 11.8 Å². The molecular weight excluding hydrogens is 168 g/mol. The van der Waals surface area contributed by atoms with Gasteiger partial charge in [0.15, 0.2) is 0 Å². The largest absolute Gasteiger partial charge is 0.0982 e. The van der Waals surface area contributed by atoms with Crippen molar-refractivity contribution in [3.05, 3.63) is 35.4 Å². The molecule has 0 aromatic heterocycles. The Bertz CT molecular complexity index is 338. The summed E-state index contributed by atoms with van der Waals surface area (Å²) in [5.74, 6) is 6.20. The van der Waals surface area contributed by atoms with Crippen LogP contribution in [0.1, 0.15) is 45.2 Å². The Hall–Kier alpha value is -1.22. The van der Waals surface area contributed by atoms with E-state index < -0.39 is 0 Å². The van der Waals surface area contributed by atoms with E-state index in [9.17, 15) is 0 Å². The molecule has 0 heterocycles. The summed E-state index contributed by atoms with van der Waals surface area (Å²) in [6.45, 7) is 8.73. The SMILES string of the molecule is CCC#Cc1ccc(C(C)(C)C)cc1. The molecule has 1 aromatic carbocycles. The average molecular weight is 186 g/mol. The van der Waals surface area contributed by atoms with Gasteiger partial charge in [-0.3, -0.25) is 0 Å². The molecule has 74 valence electrons. The highest BCUT2D eigenvalue weighted by Gasteiger charge is 2.12. The monoisotopic (exact) mass is 186 g/mol. The van der Waals surface area contributed by atoms with Gasteiger partial charge in [0.1, 0.15) is 0 Å². The highest BCUT2D eigenvalue weighted by Crippen LogP contribution is 2.21. The van der Waals surface area contributed by atoms with Crippen LogP contribution in [0.15, 0.2) is 24.3 Å². The zero-order valence-electron chi connectivity index (χ0n) is 9.52. The van der Waals surface area contributed by atoms with E-state index in [1.165, 1.54) is 5.56 Å². The van der Waals surface area contributed by atoms with Crippen molar-refractivity contribution in [2.75, 3.05) is 0 Å². The zero-order valence-corrected chi connectivity index (χ0v) is 9.52. The van der Waals surface area contributed by atoms with Crippen LogP contribution in [-0.4, -0.2) is 0 Å². The maximum Gasteiger partial charge on any atom is 0.0245 e. The first-order valence-electron chi connectivity index (χ1n) is 5.13. The Morgan fingerprint density at radius 3 is 2.07 bits per heavy atom. The number of hydrogen-bond donors (Lipinski definition) is 0. The summed E-state index contributed by atoms with van der Waals surface area (Å²) in [7, 11) is 0. The van der Waals surface area contributed by atoms with E-state index in [1.807, 2.05) is 0 Å². The molecule has 1 aromatic rings. The van der Waals surface area contributed by atoms with E-state index in [0.717, 1.165) is 12.0 Å². The van der Waals surface area contributed by atoms with Crippen molar-refractivity contribution >= 4 is 0 Å². The molecule has 0 radical (unpaired) electrons. The molecule has 0 fully saturated rings. The lowest BCUT2D eigenvalue weighted by molar-refractivity contribution is 0.590. The van der Waals surface area contributed by atoms with Crippen LogP contribution in [0.2, 0.25) is 0 Å². The molecule has 0 aliphatic heterocycles. The van der Waals surface area contributed by atoms with Crippen LogP contribution in [-0.2, 0) is 5.41 Å². The average Bonchev–Trinajstić information content (AvgIpc) is 2.14. The van der Waals surface area contributed by atoms with E-state index in [4.69, 9.17) is 0 Å². The first-order chi connectivity index (χ1) is 6.54. The molecule has 0 atom stereocenters. The van der Waals surface area contributed by atoms with Crippen LogP contribution in [0.3, 0.4) is 0 Å². The molecule has 0 nitrogen and oxygen atoms in total. The van der Waals surface area contributed by atoms with E-state index >= 15 is 0 Å². The third-order valence-corrected chi connectivity index (χ3v) is 2.16. The van der Waals surface area contributed by atoms with Crippen LogP contribution in [0.25, 0.3) is 0 Å². The standard InChI is InChI=1S/C14H18/c1-5-6-7-12-8-10-13(11-9-12)14(2,3)4/h8-11H,5H2,1-4H3. The molecule has 1 rings (SSSR count). The minimum absolute atomic E-state index is 0.233. The molecule has 0 spiro atoms. The normalized spacial score (nSPS) is 10.6. The van der Waals surface area contributed by atoms with Gasteiger partial charge in [0.25, 0.3) is 0 Å². The number of hydrogen-bond acceptors (Lipinski definition) is 0. The smallest absolute Gasteiger partial charge is 0.0245 e. The third kappa shape index (κ3) is 2.92. The maximum absolute atomic E-state index is 3.12. The molecular formula is C14H18. The second-order valence-corrected chi connectivity index (χ2v) is 4.48. The highest BCUT2D eigenvalue weighted by molar-refractivity contribution is 5.37. The second kappa shape index (κ2) is 4.33. The Kier molecular flexibility index (Phi) is 3.36. The fourth-order valence-electron chi connectivity index (χ4n) is 1.24. The lowest BCUT2D eigenvalue weighted by atomic mass is 9.87. The van der Waals surface area contributed by atoms with Gasteiger partial charge in [-0.15, -0.1) is 0 Å². The summed E-state index contributed by atoms with van der Waals surface area (Å²) in [5, 5.41) is 0. The van der Waals surface area contributed by atoms with Gasteiger partial charge in [0.2, 0.25) is 0 Å². The minimum Gasteiger partial charge on any atom is -0.0982 e. The molecule has 0 saturated carbocycles. The van der Waals surface area contributed by atoms with Gasteiger partial charge in [0.05, 0.1) is 0 Å². The van der Waals surface area contributed by atoms with Crippen LogP contribution < -0.4 is 0 Å². The van der Waals surface area contributed by atoms with Crippen molar-refractivity contribution in [2.24, 2.45) is 0 Å². The van der Waals surface area contributed by atoms with Crippen molar-refractivity contribution in [1.82, 2.24) is 0 Å². The lowest BCUT2D eigenvalue weighted by Crippen LogP contribution is -2.10. The zero-order chi connectivity index (χ0) is 10.6. The van der Waals surface area contributed by atoms with Crippen molar-refractivity contribution < 1.29 is 0 Å². The number of benzene rings is 1. The van der Waals surface area contributed by atoms with Crippen molar-refractivity contribution in [2.45, 2.75) is 39.5 Å². The van der Waals surface area contributed by atoms with Gasteiger partial charge >= 0.3 is 0 Å². The van der Waals surface area contributed by atoms with Gasteiger partial charge in [-0.25, -0.2) is 0 Å². The summed E-state index contributed by atoms with van der Waals surface area (Å²) in [5.41, 5.74) is 2.70. The Morgan fingerprint density at radius 2 is 1.64 bits per heavy atom. The van der Waals surface area contributed by atoms with Crippen molar-refractivity contribution in [3.63, 3.8) is 0 Å². The minimum atomic E-state index is 0.233. The first-order valence-corrected chi connectivity index (χ1v) is 5.13. The molecule has 0 aliphatic rings. The molecule has 0 bridgehead atoms. The summed E-state index contributed by atoms with van der Waals surface area (Å²) in [6, 6.07) is 8.53. The molecule has 0 saturated heterocycles. The first kappa shape index (κ1) is 10.9. The Morgan fingerprint density at radius 1 is 1.07 bits per heavy atom. The topological polar surface area (TPSA) is 0 Å². The van der Waals surface area contributed by atoms with Crippen LogP contribution in [0.5, 0.6) is 0 Å². The summed E-state index contributed by atoms with van der Waals surface area (Å²) < 4.78 is 0. The summed E-state index contributed by atoms with van der Waals surface area (Å²) in [4.78, 5) is 0. The van der Waals surface area contributed by atoms with E-state index in [2.05, 4.69) is 63.8 Å². The van der Waals surface area contributed by atoms with Crippen LogP contribution in [0, 0.1) is 11.8 Å². The molecule has 0 unspecified atom stereocenters. The quantitative estimate of drug-likeness (QED) is 0.541. The molecule has 14 heavy (non-hydrogen) atoms. The van der Waals surface area contributed by atoms with Gasteiger partial charge in [-0.2, -0.15) is 0 Å². The fraction of sp³-hybridized carbons (Fsp3) is 0.429. The van der Waals surface area contributed by atoms with Crippen molar-refractivity contribution in [1.29, 1.82) is 0 Å². The third-order valence-electron chi connectivity index (χ3n) is 2.16. The molecule has 0 N–H and O–H groups in total. The lowest BCUT2D eigenvalue weighted by Gasteiger charge is -2.18. The molecule has 0 heteroatoms. The van der Waals surface area contributed by atoms with Crippen LogP contribution in [0.4, 0.5) is 0 Å². The Labute approximate surface area is 87.4 Å². The van der Waals surface area contributed by atoms with Gasteiger partial charge in [-0.1, -0.05) is 51.7 Å². The van der Waals surface area contributed by atoms with E-state index in [-0.39, 0.29) is 5.41 Å². The Balaban J connectivity index is 2.89. The predicted octanol–water partition coefficient (Wildman–Crippen LogP) is 3.75. The van der Waals surface area contributed by atoms with Gasteiger partial charge in [-0.05, 0) is 23.1 Å².